The maximum Gasteiger partial charge on any atom is 0.227 e. The maximum absolute atomic E-state index is 11.7. The zero-order valence-electron chi connectivity index (χ0n) is 9.43. The molecule has 16 heavy (non-hydrogen) atoms. The first-order valence-corrected chi connectivity index (χ1v) is 4.97. The van der Waals surface area contributed by atoms with Crippen molar-refractivity contribution in [3.05, 3.63) is 24.3 Å². The number of carbonyl (C=O) groups is 1. The highest BCUT2D eigenvalue weighted by atomic mass is 16.5. The van der Waals surface area contributed by atoms with E-state index >= 15 is 0 Å². The Morgan fingerprint density at radius 2 is 2.19 bits per heavy atom. The molecule has 0 aromatic heterocycles. The van der Waals surface area contributed by atoms with Crippen LogP contribution in [0.5, 0.6) is 5.75 Å². The molecule has 0 unspecified atom stereocenters. The molecule has 0 heterocycles. The van der Waals surface area contributed by atoms with Crippen molar-refractivity contribution in [3.63, 3.8) is 0 Å². The van der Waals surface area contributed by atoms with Gasteiger partial charge in [0.05, 0.1) is 18.9 Å². The molecule has 0 saturated heterocycles. The molecule has 1 rings (SSSR count). The van der Waals surface area contributed by atoms with Crippen LogP contribution in [0.15, 0.2) is 24.3 Å². The Labute approximate surface area is 95.0 Å². The molecule has 0 aliphatic heterocycles. The van der Waals surface area contributed by atoms with E-state index < -0.39 is 0 Å². The number of nitriles is 1. The monoisotopic (exact) mass is 218 g/mol. The van der Waals surface area contributed by atoms with Crippen LogP contribution in [-0.2, 0) is 4.79 Å². The minimum atomic E-state index is -0.0916. The summed E-state index contributed by atoms with van der Waals surface area (Å²) in [6, 6.07) is 9.24. The molecule has 0 atom stereocenters. The van der Waals surface area contributed by atoms with E-state index in [4.69, 9.17) is 10.00 Å². The molecule has 0 radical (unpaired) electrons. The summed E-state index contributed by atoms with van der Waals surface area (Å²) in [5.41, 5.74) is 0.716. The van der Waals surface area contributed by atoms with E-state index in [9.17, 15) is 4.79 Å². The summed E-state index contributed by atoms with van der Waals surface area (Å²) < 4.78 is 5.16. The summed E-state index contributed by atoms with van der Waals surface area (Å²) in [5, 5.41) is 8.42. The average Bonchev–Trinajstić information content (AvgIpc) is 2.34. The molecule has 1 amide bonds. The zero-order valence-corrected chi connectivity index (χ0v) is 9.43. The molecule has 84 valence electrons. The quantitative estimate of drug-likeness (QED) is 0.776. The Morgan fingerprint density at radius 3 is 2.81 bits per heavy atom. The third-order valence-electron chi connectivity index (χ3n) is 2.27. The van der Waals surface area contributed by atoms with Crippen LogP contribution in [0.25, 0.3) is 0 Å². The SMILES string of the molecule is COc1ccccc1N(C)C(=O)CCC#N. The molecule has 0 aliphatic rings. The van der Waals surface area contributed by atoms with Gasteiger partial charge in [0.2, 0.25) is 5.91 Å². The fraction of sp³-hybridized carbons (Fsp3) is 0.333. The van der Waals surface area contributed by atoms with Gasteiger partial charge in [-0.05, 0) is 12.1 Å². The van der Waals surface area contributed by atoms with Crippen LogP contribution in [0.2, 0.25) is 0 Å². The standard InChI is InChI=1S/C12H14N2O2/c1-14(12(15)8-5-9-13)10-6-3-4-7-11(10)16-2/h3-4,6-7H,5,8H2,1-2H3. The van der Waals surface area contributed by atoms with Gasteiger partial charge in [0, 0.05) is 19.9 Å². The van der Waals surface area contributed by atoms with Crippen LogP contribution in [0.4, 0.5) is 5.69 Å². The minimum absolute atomic E-state index is 0.0916. The van der Waals surface area contributed by atoms with Gasteiger partial charge in [-0.15, -0.1) is 0 Å². The third kappa shape index (κ3) is 2.74. The van der Waals surface area contributed by atoms with Crippen LogP contribution in [-0.4, -0.2) is 20.1 Å². The first-order valence-electron chi connectivity index (χ1n) is 4.97. The minimum Gasteiger partial charge on any atom is -0.495 e. The Morgan fingerprint density at radius 1 is 1.50 bits per heavy atom. The molecule has 0 spiro atoms. The van der Waals surface area contributed by atoms with Gasteiger partial charge >= 0.3 is 0 Å². The summed E-state index contributed by atoms with van der Waals surface area (Å²) in [5.74, 6) is 0.557. The first kappa shape index (κ1) is 12.1. The van der Waals surface area contributed by atoms with Crippen molar-refractivity contribution in [2.24, 2.45) is 0 Å². The second kappa shape index (κ2) is 5.76. The van der Waals surface area contributed by atoms with Gasteiger partial charge in [0.15, 0.2) is 0 Å². The Hall–Kier alpha value is -2.02. The van der Waals surface area contributed by atoms with Gasteiger partial charge < -0.3 is 9.64 Å². The number of amides is 1. The summed E-state index contributed by atoms with van der Waals surface area (Å²) in [6.45, 7) is 0. The zero-order chi connectivity index (χ0) is 12.0. The Bertz CT molecular complexity index is 410. The molecule has 0 fully saturated rings. The van der Waals surface area contributed by atoms with Crippen molar-refractivity contribution in [2.45, 2.75) is 12.8 Å². The second-order valence-corrected chi connectivity index (χ2v) is 3.28. The van der Waals surface area contributed by atoms with E-state index in [0.29, 0.717) is 11.4 Å². The number of rotatable bonds is 4. The maximum atomic E-state index is 11.7. The number of hydrogen-bond acceptors (Lipinski definition) is 3. The van der Waals surface area contributed by atoms with Gasteiger partial charge in [-0.3, -0.25) is 4.79 Å². The number of benzene rings is 1. The highest BCUT2D eigenvalue weighted by molar-refractivity contribution is 5.94. The van der Waals surface area contributed by atoms with Gasteiger partial charge in [-0.25, -0.2) is 0 Å². The van der Waals surface area contributed by atoms with Crippen molar-refractivity contribution in [3.8, 4) is 11.8 Å². The van der Waals surface area contributed by atoms with Crippen LogP contribution in [0.3, 0.4) is 0 Å². The van der Waals surface area contributed by atoms with Gasteiger partial charge in [-0.1, -0.05) is 12.1 Å². The third-order valence-corrected chi connectivity index (χ3v) is 2.27. The number of nitrogens with zero attached hydrogens (tertiary/aromatic N) is 2. The smallest absolute Gasteiger partial charge is 0.227 e. The lowest BCUT2D eigenvalue weighted by Gasteiger charge is -2.19. The summed E-state index contributed by atoms with van der Waals surface area (Å²) in [7, 11) is 3.24. The molecular formula is C12H14N2O2. The van der Waals surface area contributed by atoms with Crippen molar-refractivity contribution in [1.82, 2.24) is 0 Å². The molecule has 1 aromatic carbocycles. The molecule has 0 aliphatic carbocycles. The fourth-order valence-corrected chi connectivity index (χ4v) is 1.37. The molecule has 0 saturated carbocycles. The Balaban J connectivity index is 2.83. The number of anilines is 1. The van der Waals surface area contributed by atoms with Gasteiger partial charge in [0.1, 0.15) is 5.75 Å². The normalized spacial score (nSPS) is 9.31. The van der Waals surface area contributed by atoms with Crippen molar-refractivity contribution in [2.75, 3.05) is 19.1 Å². The van der Waals surface area contributed by atoms with E-state index in [-0.39, 0.29) is 18.7 Å². The molecule has 0 N–H and O–H groups in total. The van der Waals surface area contributed by atoms with Gasteiger partial charge in [0.25, 0.3) is 0 Å². The van der Waals surface area contributed by atoms with E-state index in [1.54, 1.807) is 20.2 Å². The fourth-order valence-electron chi connectivity index (χ4n) is 1.37. The Kier molecular flexibility index (Phi) is 4.34. The summed E-state index contributed by atoms with van der Waals surface area (Å²) >= 11 is 0. The van der Waals surface area contributed by atoms with E-state index in [0.717, 1.165) is 0 Å². The summed E-state index contributed by atoms with van der Waals surface area (Å²) in [4.78, 5) is 13.2. The topological polar surface area (TPSA) is 53.3 Å². The van der Waals surface area contributed by atoms with E-state index in [1.807, 2.05) is 24.3 Å². The molecule has 0 bridgehead atoms. The van der Waals surface area contributed by atoms with Crippen molar-refractivity contribution in [1.29, 1.82) is 5.26 Å². The predicted octanol–water partition coefficient (Wildman–Crippen LogP) is 1.96. The number of para-hydroxylation sites is 2. The lowest BCUT2D eigenvalue weighted by molar-refractivity contribution is -0.118. The molecular weight excluding hydrogens is 204 g/mol. The predicted molar refractivity (Wildman–Crippen MR) is 61.3 cm³/mol. The van der Waals surface area contributed by atoms with Crippen molar-refractivity contribution < 1.29 is 9.53 Å². The van der Waals surface area contributed by atoms with E-state index in [1.165, 1.54) is 4.90 Å². The number of ether oxygens (including phenoxy) is 1. The number of carbonyl (C=O) groups excluding carboxylic acids is 1. The lowest BCUT2D eigenvalue weighted by atomic mass is 10.2. The van der Waals surface area contributed by atoms with Crippen LogP contribution in [0.1, 0.15) is 12.8 Å². The summed E-state index contributed by atoms with van der Waals surface area (Å²) in [6.07, 6.45) is 0.462. The van der Waals surface area contributed by atoms with Crippen LogP contribution < -0.4 is 9.64 Å². The molecule has 4 nitrogen and oxygen atoms in total. The van der Waals surface area contributed by atoms with Crippen LogP contribution >= 0.6 is 0 Å². The number of methoxy groups -OCH3 is 1. The lowest BCUT2D eigenvalue weighted by Crippen LogP contribution is -2.26. The average molecular weight is 218 g/mol. The second-order valence-electron chi connectivity index (χ2n) is 3.28. The first-order chi connectivity index (χ1) is 7.70. The molecule has 1 aromatic rings. The molecule has 4 heteroatoms. The van der Waals surface area contributed by atoms with Crippen molar-refractivity contribution >= 4 is 11.6 Å². The van der Waals surface area contributed by atoms with E-state index in [2.05, 4.69) is 0 Å². The van der Waals surface area contributed by atoms with Gasteiger partial charge in [-0.2, -0.15) is 5.26 Å². The van der Waals surface area contributed by atoms with Crippen LogP contribution in [0, 0.1) is 11.3 Å². The number of hydrogen-bond donors (Lipinski definition) is 0. The largest absolute Gasteiger partial charge is 0.495 e. The highest BCUT2D eigenvalue weighted by Crippen LogP contribution is 2.26. The highest BCUT2D eigenvalue weighted by Gasteiger charge is 2.13.